The lowest BCUT2D eigenvalue weighted by atomic mass is 10.2. The van der Waals surface area contributed by atoms with Crippen LogP contribution in [-0.4, -0.2) is 60.5 Å². The molecule has 3 rings (SSSR count). The summed E-state index contributed by atoms with van der Waals surface area (Å²) < 4.78 is 5.15. The number of pyridine rings is 1. The number of anilines is 2. The zero-order chi connectivity index (χ0) is 19.2. The molecular formula is C18H21N5O4. The molecule has 1 aromatic heterocycles. The standard InChI is InChI=1S/C18H21N5O4/c1-27-16-4-2-3-14(11-16)20-18(24)13-21-7-9-22(10-8-21)15-5-6-17(19-12-15)23(25)26/h2-6,11-12H,7-10,13H2,1H3,(H,20,24). The summed E-state index contributed by atoms with van der Waals surface area (Å²) in [6.45, 7) is 3.21. The number of benzene rings is 1. The van der Waals surface area contributed by atoms with Gasteiger partial charge >= 0.3 is 5.82 Å². The van der Waals surface area contributed by atoms with Crippen molar-refractivity contribution in [1.29, 1.82) is 0 Å². The number of nitro groups is 1. The number of amides is 1. The molecule has 27 heavy (non-hydrogen) atoms. The topological polar surface area (TPSA) is 101 Å². The number of nitrogens with one attached hydrogen (secondary N) is 1. The van der Waals surface area contributed by atoms with Crippen molar-refractivity contribution >= 4 is 23.1 Å². The average Bonchev–Trinajstić information content (AvgIpc) is 2.68. The lowest BCUT2D eigenvalue weighted by Crippen LogP contribution is -2.48. The first-order valence-corrected chi connectivity index (χ1v) is 8.57. The third kappa shape index (κ3) is 4.91. The van der Waals surface area contributed by atoms with Gasteiger partial charge in [-0.15, -0.1) is 0 Å². The van der Waals surface area contributed by atoms with Gasteiger partial charge in [0.1, 0.15) is 5.75 Å². The van der Waals surface area contributed by atoms with E-state index in [0.29, 0.717) is 18.0 Å². The normalized spacial score (nSPS) is 14.6. The summed E-state index contributed by atoms with van der Waals surface area (Å²) in [7, 11) is 1.58. The van der Waals surface area contributed by atoms with E-state index in [0.717, 1.165) is 31.9 Å². The molecule has 0 spiro atoms. The van der Waals surface area contributed by atoms with Crippen molar-refractivity contribution in [3.63, 3.8) is 0 Å². The molecule has 0 radical (unpaired) electrons. The molecule has 0 bridgehead atoms. The molecule has 9 heteroatoms. The fourth-order valence-corrected chi connectivity index (χ4v) is 2.94. The van der Waals surface area contributed by atoms with Gasteiger partial charge in [0.2, 0.25) is 5.91 Å². The second kappa shape index (κ2) is 8.45. The Kier molecular flexibility index (Phi) is 5.82. The zero-order valence-electron chi connectivity index (χ0n) is 15.0. The molecule has 142 valence electrons. The molecule has 2 aromatic rings. The number of carbonyl (C=O) groups is 1. The predicted octanol–water partition coefficient (Wildman–Crippen LogP) is 1.76. The number of aromatic nitrogens is 1. The fourth-order valence-electron chi connectivity index (χ4n) is 2.94. The van der Waals surface area contributed by atoms with Crippen molar-refractivity contribution in [3.05, 3.63) is 52.7 Å². The summed E-state index contributed by atoms with van der Waals surface area (Å²) in [6, 6.07) is 10.4. The number of piperazine rings is 1. The Labute approximate surface area is 156 Å². The maximum atomic E-state index is 12.3. The first-order valence-electron chi connectivity index (χ1n) is 8.57. The van der Waals surface area contributed by atoms with Gasteiger partial charge in [-0.2, -0.15) is 0 Å². The Morgan fingerprint density at radius 1 is 1.26 bits per heavy atom. The van der Waals surface area contributed by atoms with Gasteiger partial charge in [-0.1, -0.05) is 6.07 Å². The van der Waals surface area contributed by atoms with E-state index in [4.69, 9.17) is 4.74 Å². The van der Waals surface area contributed by atoms with E-state index in [1.54, 1.807) is 19.2 Å². The number of hydrogen-bond acceptors (Lipinski definition) is 7. The van der Waals surface area contributed by atoms with Crippen molar-refractivity contribution in [1.82, 2.24) is 9.88 Å². The van der Waals surface area contributed by atoms with Crippen LogP contribution in [0.15, 0.2) is 42.6 Å². The monoisotopic (exact) mass is 371 g/mol. The molecule has 2 heterocycles. The van der Waals surface area contributed by atoms with Gasteiger partial charge < -0.3 is 25.1 Å². The Hall–Kier alpha value is -3.20. The molecule has 1 aromatic carbocycles. The van der Waals surface area contributed by atoms with Gasteiger partial charge in [0.05, 0.1) is 19.3 Å². The van der Waals surface area contributed by atoms with Crippen molar-refractivity contribution in [2.75, 3.05) is 50.1 Å². The molecule has 1 aliphatic heterocycles. The number of nitrogens with zero attached hydrogens (tertiary/aromatic N) is 4. The molecular weight excluding hydrogens is 350 g/mol. The quantitative estimate of drug-likeness (QED) is 0.610. The summed E-state index contributed by atoms with van der Waals surface area (Å²) in [5, 5.41) is 13.6. The highest BCUT2D eigenvalue weighted by Crippen LogP contribution is 2.19. The van der Waals surface area contributed by atoms with Crippen LogP contribution in [0, 0.1) is 10.1 Å². The Bertz CT molecular complexity index is 804. The molecule has 9 nitrogen and oxygen atoms in total. The summed E-state index contributed by atoms with van der Waals surface area (Å²) in [6.07, 6.45) is 1.52. The van der Waals surface area contributed by atoms with Crippen molar-refractivity contribution in [2.45, 2.75) is 0 Å². The van der Waals surface area contributed by atoms with Crippen LogP contribution in [0.2, 0.25) is 0 Å². The van der Waals surface area contributed by atoms with Crippen LogP contribution < -0.4 is 15.0 Å². The summed E-state index contributed by atoms with van der Waals surface area (Å²) in [4.78, 5) is 30.5. The van der Waals surface area contributed by atoms with Gasteiger partial charge in [-0.25, -0.2) is 0 Å². The average molecular weight is 371 g/mol. The lowest BCUT2D eigenvalue weighted by Gasteiger charge is -2.35. The van der Waals surface area contributed by atoms with Crippen molar-refractivity contribution in [3.8, 4) is 5.75 Å². The van der Waals surface area contributed by atoms with Gasteiger partial charge in [-0.3, -0.25) is 9.69 Å². The van der Waals surface area contributed by atoms with E-state index in [-0.39, 0.29) is 11.7 Å². The molecule has 0 atom stereocenters. The van der Waals surface area contributed by atoms with E-state index in [9.17, 15) is 14.9 Å². The molecule has 1 aliphatic rings. The SMILES string of the molecule is COc1cccc(NC(=O)CN2CCN(c3ccc([N+](=O)[O-])nc3)CC2)c1. The van der Waals surface area contributed by atoms with E-state index < -0.39 is 4.92 Å². The molecule has 1 fully saturated rings. The van der Waals surface area contributed by atoms with E-state index in [2.05, 4.69) is 20.1 Å². The summed E-state index contributed by atoms with van der Waals surface area (Å²) >= 11 is 0. The number of hydrogen-bond donors (Lipinski definition) is 1. The lowest BCUT2D eigenvalue weighted by molar-refractivity contribution is -0.389. The zero-order valence-corrected chi connectivity index (χ0v) is 15.0. The first-order chi connectivity index (χ1) is 13.0. The van der Waals surface area contributed by atoms with Gasteiger partial charge in [0.25, 0.3) is 0 Å². The number of ether oxygens (including phenoxy) is 1. The molecule has 0 unspecified atom stereocenters. The fraction of sp³-hybridized carbons (Fsp3) is 0.333. The second-order valence-electron chi connectivity index (χ2n) is 6.18. The van der Waals surface area contributed by atoms with E-state index in [1.807, 2.05) is 18.2 Å². The highest BCUT2D eigenvalue weighted by molar-refractivity contribution is 5.92. The third-order valence-electron chi connectivity index (χ3n) is 4.38. The van der Waals surface area contributed by atoms with Crippen LogP contribution in [0.1, 0.15) is 0 Å². The maximum absolute atomic E-state index is 12.3. The minimum absolute atomic E-state index is 0.0753. The van der Waals surface area contributed by atoms with Crippen LogP contribution in [0.25, 0.3) is 0 Å². The first kappa shape index (κ1) is 18.6. The number of methoxy groups -OCH3 is 1. The predicted molar refractivity (Wildman–Crippen MR) is 101 cm³/mol. The van der Waals surface area contributed by atoms with Gasteiger partial charge in [-0.05, 0) is 28.1 Å². The summed E-state index contributed by atoms with van der Waals surface area (Å²) in [5.74, 6) is 0.457. The highest BCUT2D eigenvalue weighted by Gasteiger charge is 2.20. The molecule has 0 saturated carbocycles. The van der Waals surface area contributed by atoms with Crippen LogP contribution in [-0.2, 0) is 4.79 Å². The van der Waals surface area contributed by atoms with Crippen molar-refractivity contribution < 1.29 is 14.5 Å². The minimum Gasteiger partial charge on any atom is -0.497 e. The maximum Gasteiger partial charge on any atom is 0.363 e. The highest BCUT2D eigenvalue weighted by atomic mass is 16.6. The Morgan fingerprint density at radius 2 is 2.04 bits per heavy atom. The molecule has 0 aliphatic carbocycles. The van der Waals surface area contributed by atoms with Crippen LogP contribution in [0.4, 0.5) is 17.2 Å². The number of rotatable bonds is 6. The summed E-state index contributed by atoms with van der Waals surface area (Å²) in [5.41, 5.74) is 1.55. The Morgan fingerprint density at radius 3 is 2.67 bits per heavy atom. The van der Waals surface area contributed by atoms with E-state index >= 15 is 0 Å². The number of carbonyl (C=O) groups excluding carboxylic acids is 1. The van der Waals surface area contributed by atoms with Crippen LogP contribution >= 0.6 is 0 Å². The van der Waals surface area contributed by atoms with Crippen LogP contribution in [0.3, 0.4) is 0 Å². The largest absolute Gasteiger partial charge is 0.497 e. The smallest absolute Gasteiger partial charge is 0.363 e. The molecule has 1 amide bonds. The second-order valence-corrected chi connectivity index (χ2v) is 6.18. The van der Waals surface area contributed by atoms with Gasteiger partial charge in [0.15, 0.2) is 6.20 Å². The van der Waals surface area contributed by atoms with E-state index in [1.165, 1.54) is 12.3 Å². The Balaban J connectivity index is 1.48. The van der Waals surface area contributed by atoms with Gasteiger partial charge in [0, 0.05) is 44.0 Å². The van der Waals surface area contributed by atoms with Crippen molar-refractivity contribution in [2.24, 2.45) is 0 Å². The molecule has 1 saturated heterocycles. The minimum atomic E-state index is -0.511. The molecule has 1 N–H and O–H groups in total. The van der Waals surface area contributed by atoms with Crippen LogP contribution in [0.5, 0.6) is 5.75 Å². The third-order valence-corrected chi connectivity index (χ3v) is 4.38.